The number of amides is 1. The number of aromatic nitrogens is 2. The molecule has 0 aliphatic carbocycles. The molecule has 1 atom stereocenters. The van der Waals surface area contributed by atoms with Gasteiger partial charge in [-0.3, -0.25) is 4.79 Å². The largest absolute Gasteiger partial charge is 0.390 e. The highest BCUT2D eigenvalue weighted by atomic mass is 16.3. The lowest BCUT2D eigenvalue weighted by molar-refractivity contribution is 0.0855. The Morgan fingerprint density at radius 2 is 2.00 bits per heavy atom. The van der Waals surface area contributed by atoms with Gasteiger partial charge in [0.1, 0.15) is 0 Å². The minimum Gasteiger partial charge on any atom is -0.390 e. The van der Waals surface area contributed by atoms with E-state index in [1.54, 1.807) is 0 Å². The van der Waals surface area contributed by atoms with Crippen molar-refractivity contribution in [1.82, 2.24) is 20.2 Å². The number of aromatic amines is 1. The Kier molecular flexibility index (Phi) is 5.25. The maximum absolute atomic E-state index is 12.1. The standard InChI is InChI=1S/C17H24N4O2/c22-13(12-21-9-5-1-2-6-10-21)11-18-17(23)16-19-14-7-3-4-8-15(14)20-16/h3-4,7-8,13,22H,1-2,5-6,9-12H2,(H,18,23)(H,19,20)/t13-/m1/s1. The van der Waals surface area contributed by atoms with Crippen LogP contribution in [0.2, 0.25) is 0 Å². The molecule has 2 heterocycles. The van der Waals surface area contributed by atoms with E-state index in [-0.39, 0.29) is 18.3 Å². The van der Waals surface area contributed by atoms with Gasteiger partial charge >= 0.3 is 0 Å². The van der Waals surface area contributed by atoms with Crippen molar-refractivity contribution in [3.05, 3.63) is 30.1 Å². The van der Waals surface area contributed by atoms with E-state index in [1.165, 1.54) is 25.7 Å². The van der Waals surface area contributed by atoms with Crippen molar-refractivity contribution in [2.75, 3.05) is 26.2 Å². The molecule has 124 valence electrons. The number of aliphatic hydroxyl groups is 1. The van der Waals surface area contributed by atoms with Crippen molar-refractivity contribution < 1.29 is 9.90 Å². The van der Waals surface area contributed by atoms with Crippen molar-refractivity contribution in [2.45, 2.75) is 31.8 Å². The highest BCUT2D eigenvalue weighted by Crippen LogP contribution is 2.11. The lowest BCUT2D eigenvalue weighted by atomic mass is 10.2. The number of rotatable bonds is 5. The maximum atomic E-state index is 12.1. The van der Waals surface area contributed by atoms with Crippen LogP contribution in [0.5, 0.6) is 0 Å². The molecule has 0 saturated carbocycles. The summed E-state index contributed by atoms with van der Waals surface area (Å²) >= 11 is 0. The number of β-amino-alcohol motifs (C(OH)–C–C–N with tert-alkyl or cyclic N) is 1. The zero-order valence-corrected chi connectivity index (χ0v) is 13.3. The van der Waals surface area contributed by atoms with Crippen LogP contribution in [0.3, 0.4) is 0 Å². The van der Waals surface area contributed by atoms with Gasteiger partial charge in [-0.1, -0.05) is 25.0 Å². The number of aliphatic hydroxyl groups excluding tert-OH is 1. The van der Waals surface area contributed by atoms with Crippen LogP contribution in [0.15, 0.2) is 24.3 Å². The van der Waals surface area contributed by atoms with Crippen molar-refractivity contribution in [2.24, 2.45) is 0 Å². The number of likely N-dealkylation sites (tertiary alicyclic amines) is 1. The first kappa shape index (κ1) is 16.0. The van der Waals surface area contributed by atoms with Crippen molar-refractivity contribution in [3.8, 4) is 0 Å². The van der Waals surface area contributed by atoms with E-state index in [0.29, 0.717) is 6.54 Å². The van der Waals surface area contributed by atoms with Crippen molar-refractivity contribution in [1.29, 1.82) is 0 Å². The Morgan fingerprint density at radius 1 is 1.26 bits per heavy atom. The molecule has 0 spiro atoms. The summed E-state index contributed by atoms with van der Waals surface area (Å²) in [6.07, 6.45) is 4.38. The molecule has 1 aromatic heterocycles. The third kappa shape index (κ3) is 4.30. The molecule has 1 aromatic carbocycles. The molecule has 0 unspecified atom stereocenters. The van der Waals surface area contributed by atoms with Crippen LogP contribution in [-0.2, 0) is 0 Å². The molecule has 6 nitrogen and oxygen atoms in total. The molecule has 3 N–H and O–H groups in total. The summed E-state index contributed by atoms with van der Waals surface area (Å²) in [5.74, 6) is 0.00397. The van der Waals surface area contributed by atoms with Crippen LogP contribution in [0.1, 0.15) is 36.3 Å². The van der Waals surface area contributed by atoms with Crippen molar-refractivity contribution >= 4 is 16.9 Å². The molecule has 6 heteroatoms. The van der Waals surface area contributed by atoms with E-state index in [1.807, 2.05) is 24.3 Å². The Balaban J connectivity index is 1.49. The molecule has 23 heavy (non-hydrogen) atoms. The van der Waals surface area contributed by atoms with Gasteiger partial charge in [0.25, 0.3) is 5.91 Å². The van der Waals surface area contributed by atoms with Gasteiger partial charge in [0.2, 0.25) is 0 Å². The molecule has 1 aliphatic heterocycles. The number of H-pyrrole nitrogens is 1. The number of fused-ring (bicyclic) bond motifs is 1. The second kappa shape index (κ2) is 7.57. The van der Waals surface area contributed by atoms with Gasteiger partial charge in [-0.15, -0.1) is 0 Å². The van der Waals surface area contributed by atoms with Crippen LogP contribution in [-0.4, -0.2) is 58.2 Å². The summed E-state index contributed by atoms with van der Waals surface area (Å²) in [5, 5.41) is 12.9. The topological polar surface area (TPSA) is 81.2 Å². The van der Waals surface area contributed by atoms with Gasteiger partial charge < -0.3 is 20.3 Å². The maximum Gasteiger partial charge on any atom is 0.287 e. The van der Waals surface area contributed by atoms with E-state index in [0.717, 1.165) is 24.1 Å². The van der Waals surface area contributed by atoms with Gasteiger partial charge in [0.05, 0.1) is 17.1 Å². The van der Waals surface area contributed by atoms with Crippen LogP contribution < -0.4 is 5.32 Å². The van der Waals surface area contributed by atoms with E-state index in [2.05, 4.69) is 20.2 Å². The number of nitrogens with one attached hydrogen (secondary N) is 2. The third-order valence-electron chi connectivity index (χ3n) is 4.27. The van der Waals surface area contributed by atoms with Gasteiger partial charge in [-0.05, 0) is 38.1 Å². The molecule has 1 saturated heterocycles. The van der Waals surface area contributed by atoms with Crippen LogP contribution in [0, 0.1) is 0 Å². The summed E-state index contributed by atoms with van der Waals surface area (Å²) in [6, 6.07) is 7.52. The number of para-hydroxylation sites is 2. The van der Waals surface area contributed by atoms with Crippen LogP contribution >= 0.6 is 0 Å². The summed E-state index contributed by atoms with van der Waals surface area (Å²) in [4.78, 5) is 21.7. The highest BCUT2D eigenvalue weighted by Gasteiger charge is 2.16. The SMILES string of the molecule is O=C(NC[C@@H](O)CN1CCCCCC1)c1nc2ccccc2[nH]1. The Bertz CT molecular complexity index is 614. The van der Waals surface area contributed by atoms with E-state index in [4.69, 9.17) is 0 Å². The fraction of sp³-hybridized carbons (Fsp3) is 0.529. The summed E-state index contributed by atoms with van der Waals surface area (Å²) < 4.78 is 0. The number of hydrogen-bond acceptors (Lipinski definition) is 4. The summed E-state index contributed by atoms with van der Waals surface area (Å²) in [6.45, 7) is 2.93. The molecular formula is C17H24N4O2. The van der Waals surface area contributed by atoms with Crippen molar-refractivity contribution in [3.63, 3.8) is 0 Å². The predicted octanol–water partition coefficient (Wildman–Crippen LogP) is 1.53. The normalized spacial score (nSPS) is 17.8. The Morgan fingerprint density at radius 3 is 2.74 bits per heavy atom. The lowest BCUT2D eigenvalue weighted by Crippen LogP contribution is -2.40. The van der Waals surface area contributed by atoms with Gasteiger partial charge in [-0.2, -0.15) is 0 Å². The predicted molar refractivity (Wildman–Crippen MR) is 89.3 cm³/mol. The molecule has 1 aliphatic rings. The second-order valence-electron chi connectivity index (χ2n) is 6.18. The van der Waals surface area contributed by atoms with E-state index in [9.17, 15) is 9.90 Å². The molecule has 0 bridgehead atoms. The Hall–Kier alpha value is -1.92. The summed E-state index contributed by atoms with van der Waals surface area (Å²) in [7, 11) is 0. The quantitative estimate of drug-likeness (QED) is 0.781. The van der Waals surface area contributed by atoms with Gasteiger partial charge in [0.15, 0.2) is 5.82 Å². The fourth-order valence-corrected chi connectivity index (χ4v) is 3.04. The number of nitrogens with zero attached hydrogens (tertiary/aromatic N) is 2. The van der Waals surface area contributed by atoms with Gasteiger partial charge in [-0.25, -0.2) is 4.98 Å². The minimum absolute atomic E-state index is 0.242. The highest BCUT2D eigenvalue weighted by molar-refractivity contribution is 5.94. The third-order valence-corrected chi connectivity index (χ3v) is 4.27. The average Bonchev–Trinajstić information content (AvgIpc) is 2.83. The smallest absolute Gasteiger partial charge is 0.287 e. The minimum atomic E-state index is -0.554. The second-order valence-corrected chi connectivity index (χ2v) is 6.18. The fourth-order valence-electron chi connectivity index (χ4n) is 3.04. The number of carbonyl (C=O) groups is 1. The van der Waals surface area contributed by atoms with Crippen LogP contribution in [0.4, 0.5) is 0 Å². The number of carbonyl (C=O) groups excluding carboxylic acids is 1. The molecule has 3 rings (SSSR count). The number of hydrogen-bond donors (Lipinski definition) is 3. The first-order valence-corrected chi connectivity index (χ1v) is 8.36. The molecule has 1 fully saturated rings. The van der Waals surface area contributed by atoms with Gasteiger partial charge in [0, 0.05) is 13.1 Å². The zero-order chi connectivity index (χ0) is 16.1. The molecular weight excluding hydrogens is 292 g/mol. The first-order valence-electron chi connectivity index (χ1n) is 8.36. The monoisotopic (exact) mass is 316 g/mol. The number of imidazole rings is 1. The van der Waals surface area contributed by atoms with E-state index >= 15 is 0 Å². The first-order chi connectivity index (χ1) is 11.2. The molecule has 2 aromatic rings. The number of benzene rings is 1. The molecule has 1 amide bonds. The summed E-state index contributed by atoms with van der Waals surface area (Å²) in [5.41, 5.74) is 1.60. The molecule has 0 radical (unpaired) electrons. The average molecular weight is 316 g/mol. The van der Waals surface area contributed by atoms with Crippen LogP contribution in [0.25, 0.3) is 11.0 Å². The lowest BCUT2D eigenvalue weighted by Gasteiger charge is -2.23. The Labute approximate surface area is 135 Å². The zero-order valence-electron chi connectivity index (χ0n) is 13.3. The van der Waals surface area contributed by atoms with E-state index < -0.39 is 6.10 Å².